The van der Waals surface area contributed by atoms with E-state index in [9.17, 15) is 0 Å². The summed E-state index contributed by atoms with van der Waals surface area (Å²) in [4.78, 5) is 4.53. The molecule has 1 aromatic rings. The van der Waals surface area contributed by atoms with Crippen LogP contribution in [0.5, 0.6) is 0 Å². The Labute approximate surface area is 107 Å². The number of aromatic nitrogens is 2. The quantitative estimate of drug-likeness (QED) is 0.885. The number of rotatable bonds is 3. The second kappa shape index (κ2) is 5.80. The summed E-state index contributed by atoms with van der Waals surface area (Å²) in [5.74, 6) is 2.00. The van der Waals surface area contributed by atoms with Gasteiger partial charge in [0.1, 0.15) is 0 Å². The van der Waals surface area contributed by atoms with Crippen LogP contribution in [0.2, 0.25) is 0 Å². The lowest BCUT2D eigenvalue weighted by Crippen LogP contribution is -2.28. The highest BCUT2D eigenvalue weighted by Crippen LogP contribution is 2.22. The molecule has 5 nitrogen and oxygen atoms in total. The molecule has 0 radical (unpaired) electrons. The molecule has 3 rings (SSSR count). The molecular weight excluding hydrogens is 230 g/mol. The molecule has 0 aliphatic carbocycles. The minimum absolute atomic E-state index is 0.286. The molecule has 100 valence electrons. The van der Waals surface area contributed by atoms with E-state index in [1.54, 1.807) is 0 Å². The number of ether oxygens (including phenoxy) is 1. The molecule has 0 amide bonds. The van der Waals surface area contributed by atoms with Gasteiger partial charge in [-0.15, -0.1) is 0 Å². The average Bonchev–Trinajstić information content (AvgIpc) is 2.89. The van der Waals surface area contributed by atoms with Crippen molar-refractivity contribution in [3.63, 3.8) is 0 Å². The summed E-state index contributed by atoms with van der Waals surface area (Å²) in [7, 11) is 0. The number of hydrogen-bond acceptors (Lipinski definition) is 5. The minimum Gasteiger partial charge on any atom is -0.378 e. The van der Waals surface area contributed by atoms with E-state index in [1.807, 2.05) is 0 Å². The smallest absolute Gasteiger partial charge is 0.231 e. The van der Waals surface area contributed by atoms with E-state index in [0.717, 1.165) is 50.7 Å². The molecule has 2 aliphatic rings. The first kappa shape index (κ1) is 12.1. The Bertz CT molecular complexity index is 368. The third-order valence-corrected chi connectivity index (χ3v) is 3.81. The summed E-state index contributed by atoms with van der Waals surface area (Å²) in [6, 6.07) is 0. The maximum Gasteiger partial charge on any atom is 0.231 e. The Morgan fingerprint density at radius 3 is 3.00 bits per heavy atom. The van der Waals surface area contributed by atoms with Gasteiger partial charge in [-0.2, -0.15) is 4.98 Å². The van der Waals surface area contributed by atoms with Crippen molar-refractivity contribution >= 4 is 0 Å². The summed E-state index contributed by atoms with van der Waals surface area (Å²) in [6.45, 7) is 2.94. The molecule has 3 heterocycles. The SMILES string of the molecule is C1CCC(Cc2noc(C3CCCNC3)n2)OC1. The fourth-order valence-electron chi connectivity index (χ4n) is 2.75. The van der Waals surface area contributed by atoms with Crippen LogP contribution in [0.15, 0.2) is 4.52 Å². The number of nitrogens with one attached hydrogen (secondary N) is 1. The van der Waals surface area contributed by atoms with Crippen molar-refractivity contribution in [2.75, 3.05) is 19.7 Å². The zero-order valence-corrected chi connectivity index (χ0v) is 10.7. The highest BCUT2D eigenvalue weighted by molar-refractivity contribution is 4.97. The van der Waals surface area contributed by atoms with Crippen LogP contribution >= 0.6 is 0 Å². The van der Waals surface area contributed by atoms with Crippen LogP contribution in [0.3, 0.4) is 0 Å². The summed E-state index contributed by atoms with van der Waals surface area (Å²) in [6.07, 6.45) is 6.97. The Hall–Kier alpha value is -0.940. The summed E-state index contributed by atoms with van der Waals surface area (Å²) < 4.78 is 11.1. The maximum atomic E-state index is 5.70. The maximum absolute atomic E-state index is 5.70. The first-order valence-electron chi connectivity index (χ1n) is 7.06. The zero-order chi connectivity index (χ0) is 12.2. The third-order valence-electron chi connectivity index (χ3n) is 3.81. The third kappa shape index (κ3) is 2.90. The highest BCUT2D eigenvalue weighted by atomic mass is 16.5. The Morgan fingerprint density at radius 2 is 2.22 bits per heavy atom. The fraction of sp³-hybridized carbons (Fsp3) is 0.846. The lowest BCUT2D eigenvalue weighted by molar-refractivity contribution is 0.0153. The van der Waals surface area contributed by atoms with Gasteiger partial charge in [0.15, 0.2) is 5.82 Å². The van der Waals surface area contributed by atoms with Crippen molar-refractivity contribution in [1.29, 1.82) is 0 Å². The molecule has 18 heavy (non-hydrogen) atoms. The van der Waals surface area contributed by atoms with E-state index in [2.05, 4.69) is 15.5 Å². The Balaban J connectivity index is 1.58. The molecule has 0 spiro atoms. The van der Waals surface area contributed by atoms with Crippen molar-refractivity contribution in [3.8, 4) is 0 Å². The molecule has 0 bridgehead atoms. The number of nitrogens with zero attached hydrogens (tertiary/aromatic N) is 2. The van der Waals surface area contributed by atoms with Crippen molar-refractivity contribution in [2.45, 2.75) is 50.5 Å². The first-order chi connectivity index (χ1) is 8.92. The van der Waals surface area contributed by atoms with Gasteiger partial charge in [0.25, 0.3) is 0 Å². The molecule has 5 heteroatoms. The van der Waals surface area contributed by atoms with Crippen molar-refractivity contribution in [3.05, 3.63) is 11.7 Å². The lowest BCUT2D eigenvalue weighted by atomic mass is 10.00. The molecular formula is C13H21N3O2. The van der Waals surface area contributed by atoms with E-state index >= 15 is 0 Å². The van der Waals surface area contributed by atoms with Gasteiger partial charge in [-0.05, 0) is 38.6 Å². The molecule has 2 fully saturated rings. The van der Waals surface area contributed by atoms with E-state index in [-0.39, 0.29) is 6.10 Å². The van der Waals surface area contributed by atoms with Crippen molar-refractivity contribution in [1.82, 2.24) is 15.5 Å². The molecule has 2 unspecified atom stereocenters. The van der Waals surface area contributed by atoms with Crippen LogP contribution in [0.25, 0.3) is 0 Å². The monoisotopic (exact) mass is 251 g/mol. The van der Waals surface area contributed by atoms with E-state index in [1.165, 1.54) is 19.3 Å². The van der Waals surface area contributed by atoms with Gasteiger partial charge in [0.2, 0.25) is 5.89 Å². The van der Waals surface area contributed by atoms with Crippen LogP contribution in [0.4, 0.5) is 0 Å². The van der Waals surface area contributed by atoms with Crippen LogP contribution in [0.1, 0.15) is 49.7 Å². The molecule has 2 saturated heterocycles. The molecule has 0 aromatic carbocycles. The molecule has 0 saturated carbocycles. The van der Waals surface area contributed by atoms with E-state index in [4.69, 9.17) is 9.26 Å². The van der Waals surface area contributed by atoms with Gasteiger partial charge in [-0.25, -0.2) is 0 Å². The second-order valence-corrected chi connectivity index (χ2v) is 5.28. The van der Waals surface area contributed by atoms with E-state index in [0.29, 0.717) is 5.92 Å². The molecule has 1 N–H and O–H groups in total. The average molecular weight is 251 g/mol. The van der Waals surface area contributed by atoms with Gasteiger partial charge in [-0.1, -0.05) is 5.16 Å². The fourth-order valence-corrected chi connectivity index (χ4v) is 2.75. The van der Waals surface area contributed by atoms with E-state index < -0.39 is 0 Å². The zero-order valence-electron chi connectivity index (χ0n) is 10.7. The lowest BCUT2D eigenvalue weighted by Gasteiger charge is -2.21. The number of piperidine rings is 1. The predicted octanol–water partition coefficient (Wildman–Crippen LogP) is 1.65. The molecule has 2 atom stereocenters. The highest BCUT2D eigenvalue weighted by Gasteiger charge is 2.23. The van der Waals surface area contributed by atoms with Crippen LogP contribution < -0.4 is 5.32 Å². The predicted molar refractivity (Wildman–Crippen MR) is 66.4 cm³/mol. The summed E-state index contributed by atoms with van der Waals surface area (Å²) >= 11 is 0. The topological polar surface area (TPSA) is 60.2 Å². The van der Waals surface area contributed by atoms with Crippen LogP contribution in [-0.2, 0) is 11.2 Å². The van der Waals surface area contributed by atoms with Crippen LogP contribution in [-0.4, -0.2) is 35.9 Å². The van der Waals surface area contributed by atoms with Gasteiger partial charge in [0, 0.05) is 19.6 Å². The van der Waals surface area contributed by atoms with Gasteiger partial charge >= 0.3 is 0 Å². The van der Waals surface area contributed by atoms with Crippen LogP contribution in [0, 0.1) is 0 Å². The standard InChI is InChI=1S/C13H21N3O2/c1-2-7-17-11(5-1)8-12-15-13(18-16-12)10-4-3-6-14-9-10/h10-11,14H,1-9H2. The van der Waals surface area contributed by atoms with Crippen molar-refractivity contribution < 1.29 is 9.26 Å². The summed E-state index contributed by atoms with van der Waals surface area (Å²) in [5.41, 5.74) is 0. The van der Waals surface area contributed by atoms with Gasteiger partial charge in [0.05, 0.1) is 12.0 Å². The second-order valence-electron chi connectivity index (χ2n) is 5.28. The molecule has 2 aliphatic heterocycles. The first-order valence-corrected chi connectivity index (χ1v) is 7.06. The number of hydrogen-bond donors (Lipinski definition) is 1. The largest absolute Gasteiger partial charge is 0.378 e. The minimum atomic E-state index is 0.286. The normalized spacial score (nSPS) is 29.3. The van der Waals surface area contributed by atoms with Crippen molar-refractivity contribution in [2.24, 2.45) is 0 Å². The summed E-state index contributed by atoms with van der Waals surface area (Å²) in [5, 5.41) is 7.46. The van der Waals surface area contributed by atoms with Gasteiger partial charge < -0.3 is 14.6 Å². The Morgan fingerprint density at radius 1 is 1.22 bits per heavy atom. The van der Waals surface area contributed by atoms with Gasteiger partial charge in [-0.3, -0.25) is 0 Å². The molecule has 1 aromatic heterocycles. The Kier molecular flexibility index (Phi) is 3.90.